The van der Waals surface area contributed by atoms with Crippen LogP contribution in [-0.2, 0) is 0 Å². The summed E-state index contributed by atoms with van der Waals surface area (Å²) in [5.74, 6) is -0.0796. The first-order valence-corrected chi connectivity index (χ1v) is 6.99. The van der Waals surface area contributed by atoms with Gasteiger partial charge in [0.2, 0.25) is 11.5 Å². The minimum absolute atomic E-state index is 0.0124. The number of fused-ring (bicyclic) bond motifs is 1. The molecule has 0 unspecified atom stereocenters. The zero-order chi connectivity index (χ0) is 17.3. The van der Waals surface area contributed by atoms with Crippen LogP contribution in [0.15, 0.2) is 51.7 Å². The Morgan fingerprint density at radius 1 is 1.04 bits per heavy atom. The fourth-order valence-electron chi connectivity index (χ4n) is 2.54. The number of hydrogen-bond acceptors (Lipinski definition) is 6. The summed E-state index contributed by atoms with van der Waals surface area (Å²) in [6, 6.07) is 11.8. The zero-order valence-corrected chi connectivity index (χ0v) is 12.9. The molecule has 0 aliphatic carbocycles. The van der Waals surface area contributed by atoms with E-state index in [0.29, 0.717) is 16.5 Å². The SMILES string of the molecule is COc1c([N+](=O)[O-])cc2cc(-c3ccccc3)c(=O)oc2c1OC. The molecule has 2 aromatic carbocycles. The van der Waals surface area contributed by atoms with Gasteiger partial charge in [-0.2, -0.15) is 0 Å². The van der Waals surface area contributed by atoms with Gasteiger partial charge >= 0.3 is 11.3 Å². The molecule has 0 fully saturated rings. The van der Waals surface area contributed by atoms with Gasteiger partial charge in [-0.1, -0.05) is 30.3 Å². The molecule has 3 rings (SSSR count). The maximum Gasteiger partial charge on any atom is 0.344 e. The van der Waals surface area contributed by atoms with Crippen molar-refractivity contribution in [2.75, 3.05) is 14.2 Å². The molecule has 0 atom stereocenters. The van der Waals surface area contributed by atoms with Crippen LogP contribution < -0.4 is 15.1 Å². The number of nitrogens with zero attached hydrogens (tertiary/aromatic N) is 1. The molecule has 1 aromatic heterocycles. The van der Waals surface area contributed by atoms with Gasteiger partial charge in [0.25, 0.3) is 0 Å². The predicted octanol–water partition coefficient (Wildman–Crippen LogP) is 3.39. The van der Waals surface area contributed by atoms with Gasteiger partial charge in [-0.15, -0.1) is 0 Å². The lowest BCUT2D eigenvalue weighted by Gasteiger charge is -2.11. The number of hydrogen-bond donors (Lipinski definition) is 0. The van der Waals surface area contributed by atoms with E-state index >= 15 is 0 Å². The van der Waals surface area contributed by atoms with Gasteiger partial charge in [-0.25, -0.2) is 4.79 Å². The molecule has 24 heavy (non-hydrogen) atoms. The van der Waals surface area contributed by atoms with Gasteiger partial charge in [0.15, 0.2) is 5.58 Å². The van der Waals surface area contributed by atoms with E-state index in [4.69, 9.17) is 13.9 Å². The molecular formula is C17H13NO6. The van der Waals surface area contributed by atoms with Crippen molar-refractivity contribution in [3.63, 3.8) is 0 Å². The summed E-state index contributed by atoms with van der Waals surface area (Å²) in [6.45, 7) is 0. The molecule has 0 bridgehead atoms. The highest BCUT2D eigenvalue weighted by Gasteiger charge is 2.25. The first-order valence-electron chi connectivity index (χ1n) is 6.99. The lowest BCUT2D eigenvalue weighted by molar-refractivity contribution is -0.385. The average molecular weight is 327 g/mol. The molecule has 0 amide bonds. The van der Waals surface area contributed by atoms with Crippen molar-refractivity contribution in [2.24, 2.45) is 0 Å². The second kappa shape index (κ2) is 6.04. The van der Waals surface area contributed by atoms with E-state index in [9.17, 15) is 14.9 Å². The molecule has 0 N–H and O–H groups in total. The topological polar surface area (TPSA) is 91.8 Å². The van der Waals surface area contributed by atoms with Crippen LogP contribution in [-0.4, -0.2) is 19.1 Å². The number of rotatable bonds is 4. The van der Waals surface area contributed by atoms with E-state index in [-0.39, 0.29) is 22.8 Å². The number of ether oxygens (including phenoxy) is 2. The molecule has 7 nitrogen and oxygen atoms in total. The molecular weight excluding hydrogens is 314 g/mol. The van der Waals surface area contributed by atoms with Crippen LogP contribution in [0.4, 0.5) is 5.69 Å². The molecule has 0 saturated carbocycles. The van der Waals surface area contributed by atoms with Crippen LogP contribution in [0.25, 0.3) is 22.1 Å². The predicted molar refractivity (Wildman–Crippen MR) is 87.7 cm³/mol. The Morgan fingerprint density at radius 2 is 1.71 bits per heavy atom. The quantitative estimate of drug-likeness (QED) is 0.414. The van der Waals surface area contributed by atoms with Crippen molar-refractivity contribution in [2.45, 2.75) is 0 Å². The molecule has 0 radical (unpaired) electrons. The van der Waals surface area contributed by atoms with Gasteiger partial charge in [0.1, 0.15) is 0 Å². The third-order valence-corrected chi connectivity index (χ3v) is 3.60. The van der Waals surface area contributed by atoms with Crippen LogP contribution >= 0.6 is 0 Å². The van der Waals surface area contributed by atoms with E-state index in [1.807, 2.05) is 6.07 Å². The number of nitro benzene ring substituents is 1. The Bertz CT molecular complexity index is 978. The summed E-state index contributed by atoms with van der Waals surface area (Å²) in [5, 5.41) is 11.7. The third kappa shape index (κ3) is 2.45. The highest BCUT2D eigenvalue weighted by atomic mass is 16.6. The van der Waals surface area contributed by atoms with Gasteiger partial charge in [-0.05, 0) is 11.6 Å². The van der Waals surface area contributed by atoms with Crippen LogP contribution in [0, 0.1) is 10.1 Å². The first kappa shape index (κ1) is 15.5. The molecule has 122 valence electrons. The molecule has 1 heterocycles. The molecule has 7 heteroatoms. The maximum atomic E-state index is 12.3. The van der Waals surface area contributed by atoms with Crippen molar-refractivity contribution in [1.82, 2.24) is 0 Å². The normalized spacial score (nSPS) is 10.6. The Labute approximate surface area is 136 Å². The van der Waals surface area contributed by atoms with Crippen molar-refractivity contribution in [3.05, 3.63) is 63.0 Å². The van der Waals surface area contributed by atoms with Gasteiger partial charge in [-0.3, -0.25) is 10.1 Å². The molecule has 3 aromatic rings. The maximum absolute atomic E-state index is 12.3. The minimum Gasteiger partial charge on any atom is -0.490 e. The number of nitro groups is 1. The Balaban J connectivity index is 2.38. The Kier molecular flexibility index (Phi) is 3.91. The summed E-state index contributed by atoms with van der Waals surface area (Å²) in [4.78, 5) is 23.0. The minimum atomic E-state index is -0.575. The second-order valence-corrected chi connectivity index (χ2v) is 4.95. The van der Waals surface area contributed by atoms with E-state index in [1.54, 1.807) is 30.3 Å². The van der Waals surface area contributed by atoms with Gasteiger partial charge in [0, 0.05) is 11.5 Å². The largest absolute Gasteiger partial charge is 0.490 e. The standard InChI is InChI=1S/C17H13NO6/c1-22-15-13(18(20)21)9-11-8-12(10-6-4-3-5-7-10)17(19)24-14(11)16(15)23-2/h3-9H,1-2H3. The van der Waals surface area contributed by atoms with Crippen molar-refractivity contribution >= 4 is 16.7 Å². The number of benzene rings is 2. The van der Waals surface area contributed by atoms with Crippen LogP contribution in [0.2, 0.25) is 0 Å². The zero-order valence-electron chi connectivity index (χ0n) is 12.9. The van der Waals surface area contributed by atoms with Crippen LogP contribution in [0.3, 0.4) is 0 Å². The Hall–Kier alpha value is -3.35. The van der Waals surface area contributed by atoms with Crippen LogP contribution in [0.5, 0.6) is 11.5 Å². The van der Waals surface area contributed by atoms with E-state index < -0.39 is 10.5 Å². The first-order chi connectivity index (χ1) is 11.6. The lowest BCUT2D eigenvalue weighted by Crippen LogP contribution is -2.05. The number of methoxy groups -OCH3 is 2. The summed E-state index contributed by atoms with van der Waals surface area (Å²) in [5.41, 5.74) is 0.234. The molecule has 0 spiro atoms. The highest BCUT2D eigenvalue weighted by molar-refractivity contribution is 5.91. The van der Waals surface area contributed by atoms with Gasteiger partial charge in [0.05, 0.1) is 24.7 Å². The van der Waals surface area contributed by atoms with Crippen molar-refractivity contribution in [1.29, 1.82) is 0 Å². The average Bonchev–Trinajstić information content (AvgIpc) is 2.60. The van der Waals surface area contributed by atoms with Crippen LogP contribution in [0.1, 0.15) is 0 Å². The van der Waals surface area contributed by atoms with E-state index in [2.05, 4.69) is 0 Å². The summed E-state index contributed by atoms with van der Waals surface area (Å²) in [7, 11) is 2.61. The van der Waals surface area contributed by atoms with E-state index in [0.717, 1.165) is 0 Å². The lowest BCUT2D eigenvalue weighted by atomic mass is 10.1. The van der Waals surface area contributed by atoms with E-state index in [1.165, 1.54) is 20.3 Å². The third-order valence-electron chi connectivity index (χ3n) is 3.60. The van der Waals surface area contributed by atoms with Crippen molar-refractivity contribution in [3.8, 4) is 22.6 Å². The van der Waals surface area contributed by atoms with Gasteiger partial charge < -0.3 is 13.9 Å². The molecule has 0 aliphatic heterocycles. The smallest absolute Gasteiger partial charge is 0.344 e. The summed E-state index contributed by atoms with van der Waals surface area (Å²) in [6.07, 6.45) is 0. The molecule has 0 aliphatic rings. The summed E-state index contributed by atoms with van der Waals surface area (Å²) >= 11 is 0. The molecule has 0 saturated heterocycles. The fraction of sp³-hybridized carbons (Fsp3) is 0.118. The highest BCUT2D eigenvalue weighted by Crippen LogP contribution is 2.43. The van der Waals surface area contributed by atoms with Crippen molar-refractivity contribution < 1.29 is 18.8 Å². The Morgan fingerprint density at radius 3 is 2.29 bits per heavy atom. The summed E-state index contributed by atoms with van der Waals surface area (Å²) < 4.78 is 15.6. The fourth-order valence-corrected chi connectivity index (χ4v) is 2.54. The monoisotopic (exact) mass is 327 g/mol. The second-order valence-electron chi connectivity index (χ2n) is 4.95.